The van der Waals surface area contributed by atoms with Gasteiger partial charge in [-0.1, -0.05) is 34.1 Å². The Morgan fingerprint density at radius 1 is 1.00 bits per heavy atom. The van der Waals surface area contributed by atoms with E-state index in [4.69, 9.17) is 9.97 Å². The SMILES string of the molecule is CN1c2ccccc2C(C)(C)c2nc3cc(Br)ccc3nc21. The van der Waals surface area contributed by atoms with Gasteiger partial charge < -0.3 is 4.90 Å². The van der Waals surface area contributed by atoms with Crippen molar-refractivity contribution in [3.8, 4) is 0 Å². The maximum Gasteiger partial charge on any atom is 0.156 e. The summed E-state index contributed by atoms with van der Waals surface area (Å²) in [5.41, 5.74) is 5.19. The van der Waals surface area contributed by atoms with Gasteiger partial charge in [-0.25, -0.2) is 9.97 Å². The molecule has 0 fully saturated rings. The molecule has 0 radical (unpaired) electrons. The first-order valence-corrected chi connectivity index (χ1v) is 8.09. The van der Waals surface area contributed by atoms with E-state index in [-0.39, 0.29) is 5.41 Å². The van der Waals surface area contributed by atoms with E-state index in [1.165, 1.54) is 11.3 Å². The highest BCUT2D eigenvalue weighted by atomic mass is 79.9. The molecule has 3 aromatic rings. The number of benzene rings is 2. The van der Waals surface area contributed by atoms with Crippen LogP contribution in [0.15, 0.2) is 46.9 Å². The van der Waals surface area contributed by atoms with Gasteiger partial charge in [-0.3, -0.25) is 0 Å². The van der Waals surface area contributed by atoms with Crippen molar-refractivity contribution in [1.82, 2.24) is 9.97 Å². The summed E-state index contributed by atoms with van der Waals surface area (Å²) in [5.74, 6) is 0.943. The molecular formula is C18H16BrN3. The number of rotatable bonds is 0. The quantitative estimate of drug-likeness (QED) is 0.581. The van der Waals surface area contributed by atoms with Crippen LogP contribution >= 0.6 is 15.9 Å². The van der Waals surface area contributed by atoms with E-state index in [9.17, 15) is 0 Å². The lowest BCUT2D eigenvalue weighted by molar-refractivity contribution is 0.604. The largest absolute Gasteiger partial charge is 0.328 e. The molecule has 1 aliphatic rings. The number of hydrogen-bond donors (Lipinski definition) is 0. The summed E-state index contributed by atoms with van der Waals surface area (Å²) in [4.78, 5) is 12.0. The molecule has 1 aromatic heterocycles. The van der Waals surface area contributed by atoms with Crippen molar-refractivity contribution in [2.75, 3.05) is 11.9 Å². The third-order valence-electron chi connectivity index (χ3n) is 4.46. The van der Waals surface area contributed by atoms with Crippen molar-refractivity contribution in [3.63, 3.8) is 0 Å². The molecule has 0 spiro atoms. The molecule has 4 rings (SSSR count). The van der Waals surface area contributed by atoms with Crippen LogP contribution in [0, 0.1) is 0 Å². The lowest BCUT2D eigenvalue weighted by Crippen LogP contribution is -2.32. The fourth-order valence-corrected chi connectivity index (χ4v) is 3.56. The van der Waals surface area contributed by atoms with Crippen molar-refractivity contribution in [1.29, 1.82) is 0 Å². The highest BCUT2D eigenvalue weighted by Crippen LogP contribution is 2.46. The highest BCUT2D eigenvalue weighted by molar-refractivity contribution is 9.10. The van der Waals surface area contributed by atoms with Crippen LogP contribution in [0.1, 0.15) is 25.1 Å². The Morgan fingerprint density at radius 3 is 2.59 bits per heavy atom. The Morgan fingerprint density at radius 2 is 1.77 bits per heavy atom. The summed E-state index contributed by atoms with van der Waals surface area (Å²) in [5, 5.41) is 0. The average molecular weight is 354 g/mol. The van der Waals surface area contributed by atoms with E-state index in [1.807, 2.05) is 18.2 Å². The lowest BCUT2D eigenvalue weighted by atomic mass is 9.77. The second-order valence-corrected chi connectivity index (χ2v) is 7.15. The molecule has 0 N–H and O–H groups in total. The van der Waals surface area contributed by atoms with Gasteiger partial charge in [0.1, 0.15) is 0 Å². The van der Waals surface area contributed by atoms with Gasteiger partial charge in [-0.05, 0) is 43.7 Å². The Labute approximate surface area is 138 Å². The second-order valence-electron chi connectivity index (χ2n) is 6.23. The summed E-state index contributed by atoms with van der Waals surface area (Å²) < 4.78 is 1.02. The molecule has 0 aliphatic carbocycles. The lowest BCUT2D eigenvalue weighted by Gasteiger charge is -2.38. The average Bonchev–Trinajstić information content (AvgIpc) is 2.52. The molecule has 0 bridgehead atoms. The minimum absolute atomic E-state index is 0.165. The van der Waals surface area contributed by atoms with E-state index in [0.717, 1.165) is 27.0 Å². The highest BCUT2D eigenvalue weighted by Gasteiger charge is 2.37. The first-order chi connectivity index (χ1) is 10.5. The number of nitrogens with zero attached hydrogens (tertiary/aromatic N) is 3. The molecule has 2 aromatic carbocycles. The number of halogens is 1. The fraction of sp³-hybridized carbons (Fsp3) is 0.222. The van der Waals surface area contributed by atoms with Crippen LogP contribution in [-0.4, -0.2) is 17.0 Å². The van der Waals surface area contributed by atoms with E-state index in [0.29, 0.717) is 0 Å². The van der Waals surface area contributed by atoms with Gasteiger partial charge in [0.25, 0.3) is 0 Å². The van der Waals surface area contributed by atoms with Crippen LogP contribution in [0.25, 0.3) is 11.0 Å². The minimum atomic E-state index is -0.165. The van der Waals surface area contributed by atoms with E-state index in [2.05, 4.69) is 66.0 Å². The number of aromatic nitrogens is 2. The Hall–Kier alpha value is -1.94. The zero-order valence-electron chi connectivity index (χ0n) is 12.8. The fourth-order valence-electron chi connectivity index (χ4n) is 3.21. The normalized spacial score (nSPS) is 15.5. The molecule has 0 amide bonds. The molecule has 2 heterocycles. The van der Waals surface area contributed by atoms with Crippen LogP contribution in [0.2, 0.25) is 0 Å². The first kappa shape index (κ1) is 13.7. The summed E-state index contributed by atoms with van der Waals surface area (Å²) in [6.45, 7) is 4.44. The van der Waals surface area contributed by atoms with Crippen LogP contribution < -0.4 is 4.90 Å². The van der Waals surface area contributed by atoms with Crippen LogP contribution in [-0.2, 0) is 5.41 Å². The van der Waals surface area contributed by atoms with Crippen LogP contribution in [0.3, 0.4) is 0 Å². The van der Waals surface area contributed by atoms with Crippen molar-refractivity contribution in [2.45, 2.75) is 19.3 Å². The molecule has 3 nitrogen and oxygen atoms in total. The van der Waals surface area contributed by atoms with Gasteiger partial charge in [-0.15, -0.1) is 0 Å². The van der Waals surface area contributed by atoms with Gasteiger partial charge in [0.05, 0.1) is 16.7 Å². The molecule has 1 aliphatic heterocycles. The predicted molar refractivity (Wildman–Crippen MR) is 93.9 cm³/mol. The van der Waals surface area contributed by atoms with Crippen molar-refractivity contribution >= 4 is 38.5 Å². The maximum atomic E-state index is 4.94. The third kappa shape index (κ3) is 1.80. The van der Waals surface area contributed by atoms with Gasteiger partial charge in [-0.2, -0.15) is 0 Å². The number of hydrogen-bond acceptors (Lipinski definition) is 3. The molecule has 0 saturated heterocycles. The smallest absolute Gasteiger partial charge is 0.156 e. The standard InChI is InChI=1S/C18H16BrN3/c1-18(2)12-6-4-5-7-15(12)22(3)17-16(18)20-14-10-11(19)8-9-13(14)21-17/h4-10H,1-3H3. The molecule has 0 unspecified atom stereocenters. The van der Waals surface area contributed by atoms with Gasteiger partial charge in [0, 0.05) is 22.6 Å². The molecule has 22 heavy (non-hydrogen) atoms. The molecule has 110 valence electrons. The van der Waals surface area contributed by atoms with Gasteiger partial charge >= 0.3 is 0 Å². The zero-order chi connectivity index (χ0) is 15.5. The van der Waals surface area contributed by atoms with Crippen molar-refractivity contribution < 1.29 is 0 Å². The van der Waals surface area contributed by atoms with E-state index in [1.54, 1.807) is 0 Å². The number of anilines is 2. The minimum Gasteiger partial charge on any atom is -0.328 e. The van der Waals surface area contributed by atoms with Crippen molar-refractivity contribution in [3.05, 3.63) is 58.2 Å². The van der Waals surface area contributed by atoms with Gasteiger partial charge in [0.15, 0.2) is 5.82 Å². The van der Waals surface area contributed by atoms with Gasteiger partial charge in [0.2, 0.25) is 0 Å². The van der Waals surface area contributed by atoms with Crippen LogP contribution in [0.5, 0.6) is 0 Å². The molecule has 4 heteroatoms. The van der Waals surface area contributed by atoms with Crippen molar-refractivity contribution in [2.24, 2.45) is 0 Å². The topological polar surface area (TPSA) is 29.0 Å². The molecule has 0 atom stereocenters. The zero-order valence-corrected chi connectivity index (χ0v) is 14.3. The summed E-state index contributed by atoms with van der Waals surface area (Å²) >= 11 is 3.52. The summed E-state index contributed by atoms with van der Waals surface area (Å²) in [7, 11) is 2.06. The Bertz CT molecular complexity index is 902. The Kier molecular flexibility index (Phi) is 2.82. The molecule has 0 saturated carbocycles. The monoisotopic (exact) mass is 353 g/mol. The van der Waals surface area contributed by atoms with Crippen LogP contribution in [0.4, 0.5) is 11.5 Å². The Balaban J connectivity index is 2.07. The number of fused-ring (bicyclic) bond motifs is 3. The maximum absolute atomic E-state index is 4.94. The second kappa shape index (κ2) is 4.53. The van der Waals surface area contributed by atoms with E-state index < -0.39 is 0 Å². The summed E-state index contributed by atoms with van der Waals surface area (Å²) in [6, 6.07) is 14.5. The summed E-state index contributed by atoms with van der Waals surface area (Å²) in [6.07, 6.45) is 0. The molecular weight excluding hydrogens is 338 g/mol. The predicted octanol–water partition coefficient (Wildman–Crippen LogP) is 4.80. The first-order valence-electron chi connectivity index (χ1n) is 7.29. The van der Waals surface area contributed by atoms with E-state index >= 15 is 0 Å². The third-order valence-corrected chi connectivity index (χ3v) is 4.95. The number of para-hydroxylation sites is 1.